The van der Waals surface area contributed by atoms with Crippen LogP contribution in [-0.4, -0.2) is 26.2 Å². The van der Waals surface area contributed by atoms with Crippen molar-refractivity contribution >= 4 is 15.7 Å². The van der Waals surface area contributed by atoms with Crippen LogP contribution in [0.2, 0.25) is 0 Å². The fourth-order valence-corrected chi connectivity index (χ4v) is 3.09. The minimum absolute atomic E-state index is 0.111. The molecule has 0 saturated heterocycles. The molecule has 1 aromatic rings. The normalized spacial score (nSPS) is 24.1. The van der Waals surface area contributed by atoms with Gasteiger partial charge in [-0.25, -0.2) is 13.6 Å². The maximum absolute atomic E-state index is 11.2. The van der Waals surface area contributed by atoms with Crippen LogP contribution in [0, 0.1) is 5.92 Å². The molecule has 0 amide bonds. The number of benzene rings is 1. The molecule has 0 aromatic heterocycles. The summed E-state index contributed by atoms with van der Waals surface area (Å²) in [6, 6.07) is 6.66. The first-order valence-electron chi connectivity index (χ1n) is 6.51. The Hall–Kier alpha value is -1.11. The maximum Gasteiger partial charge on any atom is 0.238 e. The Morgan fingerprint density at radius 2 is 1.84 bits per heavy atom. The van der Waals surface area contributed by atoms with Crippen LogP contribution in [0.1, 0.15) is 25.7 Å². The molecule has 0 aliphatic heterocycles. The minimum Gasteiger partial charge on any atom is -0.396 e. The van der Waals surface area contributed by atoms with E-state index in [-0.39, 0.29) is 23.5 Å². The van der Waals surface area contributed by atoms with Crippen LogP contribution >= 0.6 is 0 Å². The van der Waals surface area contributed by atoms with E-state index in [1.807, 2.05) is 0 Å². The van der Waals surface area contributed by atoms with Crippen LogP contribution in [0.5, 0.6) is 0 Å². The third-order valence-electron chi connectivity index (χ3n) is 3.68. The molecule has 2 rings (SSSR count). The number of nitrogens with one attached hydrogen (secondary N) is 1. The van der Waals surface area contributed by atoms with Gasteiger partial charge in [-0.2, -0.15) is 0 Å². The molecule has 5 nitrogen and oxygen atoms in total. The molecule has 2 atom stereocenters. The topological polar surface area (TPSA) is 92.4 Å². The van der Waals surface area contributed by atoms with Crippen LogP contribution < -0.4 is 10.5 Å². The zero-order valence-electron chi connectivity index (χ0n) is 10.7. The lowest BCUT2D eigenvalue weighted by atomic mass is 9.85. The molecule has 1 aliphatic carbocycles. The third-order valence-corrected chi connectivity index (χ3v) is 4.61. The average Bonchev–Trinajstić information content (AvgIpc) is 2.39. The van der Waals surface area contributed by atoms with Crippen molar-refractivity contribution in [1.29, 1.82) is 0 Å². The summed E-state index contributed by atoms with van der Waals surface area (Å²) in [5, 5.41) is 17.8. The molecule has 1 aliphatic rings. The van der Waals surface area contributed by atoms with E-state index in [1.165, 1.54) is 12.1 Å². The van der Waals surface area contributed by atoms with Gasteiger partial charge in [-0.3, -0.25) is 0 Å². The highest BCUT2D eigenvalue weighted by Crippen LogP contribution is 2.27. The molecule has 4 N–H and O–H groups in total. The van der Waals surface area contributed by atoms with Gasteiger partial charge in [0.1, 0.15) is 0 Å². The van der Waals surface area contributed by atoms with Crippen molar-refractivity contribution in [1.82, 2.24) is 0 Å². The van der Waals surface area contributed by atoms with Crippen molar-refractivity contribution in [3.8, 4) is 0 Å². The molecule has 6 heteroatoms. The molecule has 0 spiro atoms. The summed E-state index contributed by atoms with van der Waals surface area (Å²) < 4.78 is 22.3. The number of aliphatic hydroxyl groups is 1. The zero-order valence-corrected chi connectivity index (χ0v) is 11.6. The van der Waals surface area contributed by atoms with Gasteiger partial charge >= 0.3 is 0 Å². The van der Waals surface area contributed by atoms with Crippen molar-refractivity contribution in [3.05, 3.63) is 24.3 Å². The molecule has 0 radical (unpaired) electrons. The lowest BCUT2D eigenvalue weighted by Gasteiger charge is -2.31. The van der Waals surface area contributed by atoms with Crippen LogP contribution in [0.4, 0.5) is 5.69 Å². The largest absolute Gasteiger partial charge is 0.396 e. The minimum atomic E-state index is -3.64. The van der Waals surface area contributed by atoms with E-state index in [4.69, 9.17) is 5.14 Å². The van der Waals surface area contributed by atoms with Gasteiger partial charge in [0, 0.05) is 24.3 Å². The molecule has 0 bridgehead atoms. The molecular formula is C13H20N2O3S. The van der Waals surface area contributed by atoms with Gasteiger partial charge in [0.05, 0.1) is 4.90 Å². The second-order valence-corrected chi connectivity index (χ2v) is 6.61. The summed E-state index contributed by atoms with van der Waals surface area (Å²) in [6.45, 7) is 0.187. The molecular weight excluding hydrogens is 264 g/mol. The summed E-state index contributed by atoms with van der Waals surface area (Å²) in [5.41, 5.74) is 0.859. The molecule has 2 unspecified atom stereocenters. The van der Waals surface area contributed by atoms with E-state index in [0.717, 1.165) is 31.4 Å². The number of aliphatic hydroxyl groups excluding tert-OH is 1. The van der Waals surface area contributed by atoms with Crippen molar-refractivity contribution in [2.24, 2.45) is 11.1 Å². The van der Waals surface area contributed by atoms with E-state index in [0.29, 0.717) is 0 Å². The lowest BCUT2D eigenvalue weighted by Crippen LogP contribution is -2.34. The number of nitrogens with two attached hydrogens (primary N) is 1. The van der Waals surface area contributed by atoms with Crippen molar-refractivity contribution in [2.45, 2.75) is 36.6 Å². The average molecular weight is 284 g/mol. The van der Waals surface area contributed by atoms with Gasteiger partial charge in [-0.05, 0) is 37.1 Å². The third kappa shape index (κ3) is 3.68. The Bertz CT molecular complexity index is 513. The van der Waals surface area contributed by atoms with Gasteiger partial charge in [-0.15, -0.1) is 0 Å². The Labute approximate surface area is 113 Å². The van der Waals surface area contributed by atoms with Crippen molar-refractivity contribution in [2.75, 3.05) is 11.9 Å². The van der Waals surface area contributed by atoms with E-state index in [2.05, 4.69) is 5.32 Å². The fraction of sp³-hybridized carbons (Fsp3) is 0.538. The summed E-state index contributed by atoms with van der Waals surface area (Å²) in [7, 11) is -3.64. The van der Waals surface area contributed by atoms with E-state index in [1.54, 1.807) is 12.1 Å². The quantitative estimate of drug-likeness (QED) is 0.777. The predicted octanol–water partition coefficient (Wildman–Crippen LogP) is 1.30. The number of primary sulfonamides is 1. The monoisotopic (exact) mass is 284 g/mol. The van der Waals surface area contributed by atoms with Gasteiger partial charge in [0.15, 0.2) is 0 Å². The van der Waals surface area contributed by atoms with Crippen LogP contribution in [0.3, 0.4) is 0 Å². The molecule has 19 heavy (non-hydrogen) atoms. The molecule has 106 valence electrons. The summed E-state index contributed by atoms with van der Waals surface area (Å²) in [6.07, 6.45) is 4.38. The highest BCUT2D eigenvalue weighted by molar-refractivity contribution is 7.89. The van der Waals surface area contributed by atoms with Crippen LogP contribution in [0.25, 0.3) is 0 Å². The first-order chi connectivity index (χ1) is 9.00. The highest BCUT2D eigenvalue weighted by Gasteiger charge is 2.24. The second kappa shape index (κ2) is 5.90. The Morgan fingerprint density at radius 1 is 1.21 bits per heavy atom. The number of sulfonamides is 1. The van der Waals surface area contributed by atoms with Gasteiger partial charge in [-0.1, -0.05) is 12.8 Å². The summed E-state index contributed by atoms with van der Waals surface area (Å²) >= 11 is 0. The molecule has 0 heterocycles. The van der Waals surface area contributed by atoms with E-state index < -0.39 is 10.0 Å². The van der Waals surface area contributed by atoms with E-state index in [9.17, 15) is 13.5 Å². The number of hydrogen-bond acceptors (Lipinski definition) is 4. The Kier molecular flexibility index (Phi) is 4.44. The predicted molar refractivity (Wildman–Crippen MR) is 74.3 cm³/mol. The summed E-state index contributed by atoms with van der Waals surface area (Å²) in [5.74, 6) is 0.270. The number of anilines is 1. The maximum atomic E-state index is 11.2. The standard InChI is InChI=1S/C13H20N2O3S/c14-19(17,18)12-7-5-11(6-8-12)15-13-4-2-1-3-10(13)9-16/h5-8,10,13,15-16H,1-4,9H2,(H2,14,17,18). The summed E-state index contributed by atoms with van der Waals surface area (Å²) in [4.78, 5) is 0.111. The van der Waals surface area contributed by atoms with Gasteiger partial charge in [0.25, 0.3) is 0 Å². The lowest BCUT2D eigenvalue weighted by molar-refractivity contribution is 0.178. The van der Waals surface area contributed by atoms with Gasteiger partial charge < -0.3 is 10.4 Å². The SMILES string of the molecule is NS(=O)(=O)c1ccc(NC2CCCCC2CO)cc1. The molecule has 1 fully saturated rings. The van der Waals surface area contributed by atoms with Crippen LogP contribution in [0.15, 0.2) is 29.2 Å². The number of hydrogen-bond donors (Lipinski definition) is 3. The number of rotatable bonds is 4. The second-order valence-electron chi connectivity index (χ2n) is 5.05. The van der Waals surface area contributed by atoms with E-state index >= 15 is 0 Å². The first kappa shape index (κ1) is 14.3. The van der Waals surface area contributed by atoms with Gasteiger partial charge in [0.2, 0.25) is 10.0 Å². The smallest absolute Gasteiger partial charge is 0.238 e. The highest BCUT2D eigenvalue weighted by atomic mass is 32.2. The zero-order chi connectivity index (χ0) is 13.9. The Balaban J connectivity index is 2.06. The van der Waals surface area contributed by atoms with Crippen LogP contribution in [-0.2, 0) is 10.0 Å². The van der Waals surface area contributed by atoms with Crippen molar-refractivity contribution in [3.63, 3.8) is 0 Å². The molecule has 1 saturated carbocycles. The first-order valence-corrected chi connectivity index (χ1v) is 8.05. The molecule has 1 aromatic carbocycles. The van der Waals surface area contributed by atoms with Crippen molar-refractivity contribution < 1.29 is 13.5 Å². The Morgan fingerprint density at radius 3 is 2.42 bits per heavy atom. The fourth-order valence-electron chi connectivity index (χ4n) is 2.57.